The Morgan fingerprint density at radius 3 is 2.50 bits per heavy atom. The summed E-state index contributed by atoms with van der Waals surface area (Å²) in [5.74, 6) is -0.965. The second-order valence-electron chi connectivity index (χ2n) is 5.11. The second kappa shape index (κ2) is 5.79. The highest BCUT2D eigenvalue weighted by Gasteiger charge is 2.52. The van der Waals surface area contributed by atoms with Crippen LogP contribution in [0.15, 0.2) is 29.7 Å². The Labute approximate surface area is 122 Å². The predicted molar refractivity (Wildman–Crippen MR) is 76.5 cm³/mol. The minimum absolute atomic E-state index is 0.106. The van der Waals surface area contributed by atoms with Crippen molar-refractivity contribution < 1.29 is 19.1 Å². The zero-order valence-corrected chi connectivity index (χ0v) is 12.5. The summed E-state index contributed by atoms with van der Waals surface area (Å²) in [5.41, 5.74) is -0.376. The fraction of sp³-hybridized carbons (Fsp3) is 0.467. The van der Waals surface area contributed by atoms with Gasteiger partial charge in [0.1, 0.15) is 0 Å². The van der Waals surface area contributed by atoms with Crippen molar-refractivity contribution in [1.82, 2.24) is 0 Å². The van der Waals surface area contributed by atoms with Gasteiger partial charge in [-0.1, -0.05) is 18.2 Å². The number of esters is 2. The summed E-state index contributed by atoms with van der Waals surface area (Å²) in [5, 5.41) is 1.99. The lowest BCUT2D eigenvalue weighted by Crippen LogP contribution is -2.44. The van der Waals surface area contributed by atoms with E-state index in [4.69, 9.17) is 9.47 Å². The minimum Gasteiger partial charge on any atom is -0.468 e. The summed E-state index contributed by atoms with van der Waals surface area (Å²) in [6, 6.07) is 3.99. The van der Waals surface area contributed by atoms with Crippen molar-refractivity contribution in [3.05, 3.63) is 34.5 Å². The van der Waals surface area contributed by atoms with Crippen LogP contribution in [0.1, 0.15) is 30.1 Å². The Morgan fingerprint density at radius 1 is 1.35 bits per heavy atom. The van der Waals surface area contributed by atoms with Crippen LogP contribution in [0.4, 0.5) is 0 Å². The molecule has 1 aromatic heterocycles. The molecule has 4 nitrogen and oxygen atoms in total. The van der Waals surface area contributed by atoms with E-state index in [-0.39, 0.29) is 5.92 Å². The van der Waals surface area contributed by atoms with Crippen LogP contribution in [-0.4, -0.2) is 26.2 Å². The molecule has 2 rings (SSSR count). The molecule has 20 heavy (non-hydrogen) atoms. The van der Waals surface area contributed by atoms with Crippen molar-refractivity contribution in [2.45, 2.75) is 25.2 Å². The van der Waals surface area contributed by atoms with Crippen molar-refractivity contribution in [1.29, 1.82) is 0 Å². The van der Waals surface area contributed by atoms with Gasteiger partial charge in [0.05, 0.1) is 14.2 Å². The summed E-state index contributed by atoms with van der Waals surface area (Å²) in [6.45, 7) is 3.99. The first-order chi connectivity index (χ1) is 9.53. The van der Waals surface area contributed by atoms with Crippen LogP contribution in [-0.2, 0) is 19.1 Å². The molecule has 1 unspecified atom stereocenters. The molecule has 0 bridgehead atoms. The lowest BCUT2D eigenvalue weighted by atomic mass is 9.67. The molecule has 0 aliphatic heterocycles. The average Bonchev–Trinajstić information content (AvgIpc) is 2.98. The van der Waals surface area contributed by atoms with E-state index in [1.165, 1.54) is 14.2 Å². The molecule has 0 saturated heterocycles. The topological polar surface area (TPSA) is 52.6 Å². The average molecular weight is 294 g/mol. The molecular weight excluding hydrogens is 276 g/mol. The molecule has 5 heteroatoms. The molecule has 0 amide bonds. The first kappa shape index (κ1) is 14.8. The highest BCUT2D eigenvalue weighted by molar-refractivity contribution is 7.10. The van der Waals surface area contributed by atoms with Gasteiger partial charge >= 0.3 is 11.9 Å². The largest absolute Gasteiger partial charge is 0.468 e. The van der Waals surface area contributed by atoms with Crippen molar-refractivity contribution >= 4 is 23.3 Å². The Hall–Kier alpha value is -1.62. The molecule has 0 aromatic carbocycles. The number of carbonyl (C=O) groups excluding carboxylic acids is 2. The first-order valence-electron chi connectivity index (χ1n) is 6.40. The number of allylic oxidation sites excluding steroid dienone is 1. The van der Waals surface area contributed by atoms with E-state index in [9.17, 15) is 9.59 Å². The van der Waals surface area contributed by atoms with E-state index in [2.05, 4.69) is 6.58 Å². The maximum Gasteiger partial charge on any atom is 0.323 e. The monoisotopic (exact) mass is 294 g/mol. The van der Waals surface area contributed by atoms with Crippen LogP contribution in [0, 0.1) is 5.41 Å². The smallest absolute Gasteiger partial charge is 0.323 e. The standard InChI is InChI=1S/C15H18O4S/c1-10-7-11(12-5-4-6-20-12)9-15(8-10,13(16)18-2)14(17)19-3/h4-6,11H,1,7-9H2,2-3H3. The zero-order chi connectivity index (χ0) is 14.8. The fourth-order valence-corrected chi connectivity index (χ4v) is 3.75. The van der Waals surface area contributed by atoms with Gasteiger partial charge in [0.25, 0.3) is 0 Å². The van der Waals surface area contributed by atoms with Gasteiger partial charge < -0.3 is 9.47 Å². The van der Waals surface area contributed by atoms with E-state index in [1.807, 2.05) is 17.5 Å². The van der Waals surface area contributed by atoms with Crippen LogP contribution >= 0.6 is 11.3 Å². The number of thiophene rings is 1. The fourth-order valence-electron chi connectivity index (χ4n) is 2.92. The van der Waals surface area contributed by atoms with Crippen molar-refractivity contribution in [3.63, 3.8) is 0 Å². The molecule has 1 heterocycles. The van der Waals surface area contributed by atoms with Crippen LogP contribution in [0.5, 0.6) is 0 Å². The number of ether oxygens (including phenoxy) is 2. The van der Waals surface area contributed by atoms with Crippen LogP contribution < -0.4 is 0 Å². The predicted octanol–water partition coefficient (Wildman–Crippen LogP) is 2.90. The summed E-state index contributed by atoms with van der Waals surface area (Å²) >= 11 is 1.63. The van der Waals surface area contributed by atoms with Gasteiger partial charge in [-0.05, 0) is 36.6 Å². The Kier molecular flexibility index (Phi) is 4.28. The molecule has 108 valence electrons. The Morgan fingerprint density at radius 2 is 2.00 bits per heavy atom. The molecule has 0 N–H and O–H groups in total. The van der Waals surface area contributed by atoms with Crippen LogP contribution in [0.2, 0.25) is 0 Å². The first-order valence-corrected chi connectivity index (χ1v) is 7.28. The van der Waals surface area contributed by atoms with Gasteiger partial charge in [-0.15, -0.1) is 11.3 Å². The quantitative estimate of drug-likeness (QED) is 0.488. The number of hydrogen-bond donors (Lipinski definition) is 0. The highest BCUT2D eigenvalue weighted by atomic mass is 32.1. The summed E-state index contributed by atoms with van der Waals surface area (Å²) in [7, 11) is 2.59. The van der Waals surface area contributed by atoms with Crippen molar-refractivity contribution in [2.75, 3.05) is 14.2 Å². The number of carbonyl (C=O) groups is 2. The maximum atomic E-state index is 12.2. The van der Waals surface area contributed by atoms with E-state index >= 15 is 0 Å². The zero-order valence-electron chi connectivity index (χ0n) is 11.7. The molecule has 1 fully saturated rings. The number of methoxy groups -OCH3 is 2. The third kappa shape index (κ3) is 2.50. The number of hydrogen-bond acceptors (Lipinski definition) is 5. The van der Waals surface area contributed by atoms with Gasteiger partial charge in [-0.3, -0.25) is 9.59 Å². The van der Waals surface area contributed by atoms with E-state index in [0.717, 1.165) is 16.9 Å². The number of rotatable bonds is 3. The highest BCUT2D eigenvalue weighted by Crippen LogP contribution is 2.48. The molecule has 1 aromatic rings. The van der Waals surface area contributed by atoms with E-state index < -0.39 is 17.4 Å². The maximum absolute atomic E-state index is 12.2. The Balaban J connectivity index is 2.38. The normalized spacial score (nSPS) is 21.3. The van der Waals surface area contributed by atoms with Gasteiger partial charge in [0.2, 0.25) is 0 Å². The van der Waals surface area contributed by atoms with Gasteiger partial charge in [-0.25, -0.2) is 0 Å². The van der Waals surface area contributed by atoms with Crippen molar-refractivity contribution in [3.8, 4) is 0 Å². The van der Waals surface area contributed by atoms with Crippen LogP contribution in [0.25, 0.3) is 0 Å². The molecule has 1 atom stereocenters. The second-order valence-corrected chi connectivity index (χ2v) is 6.09. The summed E-state index contributed by atoms with van der Waals surface area (Å²) in [4.78, 5) is 25.5. The summed E-state index contributed by atoms with van der Waals surface area (Å²) in [6.07, 6.45) is 1.50. The molecule has 1 aliphatic carbocycles. The summed E-state index contributed by atoms with van der Waals surface area (Å²) < 4.78 is 9.71. The lowest BCUT2D eigenvalue weighted by Gasteiger charge is -2.37. The third-order valence-electron chi connectivity index (χ3n) is 3.78. The lowest BCUT2D eigenvalue weighted by molar-refractivity contribution is -0.171. The van der Waals surface area contributed by atoms with Crippen molar-refractivity contribution in [2.24, 2.45) is 5.41 Å². The van der Waals surface area contributed by atoms with Gasteiger partial charge in [0.15, 0.2) is 5.41 Å². The van der Waals surface area contributed by atoms with E-state index in [0.29, 0.717) is 12.8 Å². The molecule has 1 aliphatic rings. The van der Waals surface area contributed by atoms with E-state index in [1.54, 1.807) is 11.3 Å². The third-order valence-corrected chi connectivity index (χ3v) is 4.81. The van der Waals surface area contributed by atoms with Gasteiger partial charge in [-0.2, -0.15) is 0 Å². The van der Waals surface area contributed by atoms with Gasteiger partial charge in [0, 0.05) is 4.88 Å². The molecule has 0 spiro atoms. The minimum atomic E-state index is -1.26. The van der Waals surface area contributed by atoms with Crippen LogP contribution in [0.3, 0.4) is 0 Å². The molecular formula is C15H18O4S. The molecule has 1 saturated carbocycles. The Bertz CT molecular complexity index is 502. The SMILES string of the molecule is C=C1CC(c2cccs2)CC(C(=O)OC)(C(=O)OC)C1. The molecule has 0 radical (unpaired) electrons.